The van der Waals surface area contributed by atoms with Crippen LogP contribution in [0.1, 0.15) is 348 Å². The van der Waals surface area contributed by atoms with E-state index in [4.69, 9.17) is 14.2 Å². The molecule has 0 aliphatic heterocycles. The summed E-state index contributed by atoms with van der Waals surface area (Å²) >= 11 is 0. The van der Waals surface area contributed by atoms with Gasteiger partial charge in [-0.05, 0) is 70.6 Å². The third-order valence-electron chi connectivity index (χ3n) is 15.0. The fourth-order valence-corrected chi connectivity index (χ4v) is 9.92. The Hall–Kier alpha value is -3.15. The first-order valence-corrected chi connectivity index (χ1v) is 33.9. The number of ether oxygens (including phenoxy) is 3. The Kier molecular flexibility index (Phi) is 63.7. The Labute approximate surface area is 484 Å². The largest absolute Gasteiger partial charge is 0.462 e. The van der Waals surface area contributed by atoms with Crippen molar-refractivity contribution in [3.63, 3.8) is 0 Å². The summed E-state index contributed by atoms with van der Waals surface area (Å²) < 4.78 is 16.8. The van der Waals surface area contributed by atoms with Gasteiger partial charge in [-0.1, -0.05) is 331 Å². The number of hydrogen-bond donors (Lipinski definition) is 0. The predicted octanol–water partition coefficient (Wildman–Crippen LogP) is 23.3. The van der Waals surface area contributed by atoms with Gasteiger partial charge in [0.2, 0.25) is 0 Å². The Bertz CT molecular complexity index is 1440. The Balaban J connectivity index is 3.96. The molecule has 0 bridgehead atoms. The smallest absolute Gasteiger partial charge is 0.306 e. The maximum absolute atomic E-state index is 12.8. The number of allylic oxidation sites excluding steroid dienone is 12. The lowest BCUT2D eigenvalue weighted by atomic mass is 10.0. The van der Waals surface area contributed by atoms with Gasteiger partial charge >= 0.3 is 17.9 Å². The van der Waals surface area contributed by atoms with E-state index in [0.29, 0.717) is 19.3 Å². The lowest BCUT2D eigenvalue weighted by Gasteiger charge is -2.18. The zero-order chi connectivity index (χ0) is 56.4. The molecule has 0 heterocycles. The van der Waals surface area contributed by atoms with Gasteiger partial charge in [0.15, 0.2) is 6.10 Å². The quantitative estimate of drug-likeness (QED) is 0.0261. The monoisotopic (exact) mass is 1090 g/mol. The highest BCUT2D eigenvalue weighted by molar-refractivity contribution is 5.71. The van der Waals surface area contributed by atoms with Crippen LogP contribution in [0.3, 0.4) is 0 Å². The van der Waals surface area contributed by atoms with Crippen molar-refractivity contribution in [3.05, 3.63) is 72.9 Å². The molecule has 1 atom stereocenters. The number of rotatable bonds is 62. The van der Waals surface area contributed by atoms with Crippen molar-refractivity contribution in [2.75, 3.05) is 13.2 Å². The summed E-state index contributed by atoms with van der Waals surface area (Å²) in [5.41, 5.74) is 0. The summed E-state index contributed by atoms with van der Waals surface area (Å²) in [6.45, 7) is 6.49. The summed E-state index contributed by atoms with van der Waals surface area (Å²) in [6, 6.07) is 0. The summed E-state index contributed by atoms with van der Waals surface area (Å²) in [6.07, 6.45) is 86.9. The van der Waals surface area contributed by atoms with E-state index in [1.54, 1.807) is 0 Å². The molecule has 0 fully saturated rings. The zero-order valence-corrected chi connectivity index (χ0v) is 51.9. The Morgan fingerprint density at radius 1 is 0.269 bits per heavy atom. The standard InChI is InChI=1S/C72H128O6/c1-4-7-10-13-15-17-19-21-23-25-27-29-31-32-33-34-35-36-37-38-39-40-41-43-44-46-48-50-52-54-56-59-62-65-71(74)77-68-69(67-76-70(73)64-61-58-12-9-6-3)78-72(75)66-63-60-57-55-53-51-49-47-45-42-30-28-26-24-22-20-18-16-14-11-8-5-2/h7,10,15,17,21,23,27,29,32-33,35-36,69H,4-6,8-9,11-14,16,18-20,22,24-26,28,30-31,34,37-68H2,1-3H3/b10-7-,17-15-,23-21-,29-27-,33-32-,36-35-. The van der Waals surface area contributed by atoms with Crippen LogP contribution in [-0.4, -0.2) is 37.2 Å². The van der Waals surface area contributed by atoms with Crippen LogP contribution < -0.4 is 0 Å². The van der Waals surface area contributed by atoms with E-state index in [0.717, 1.165) is 103 Å². The Morgan fingerprint density at radius 3 is 0.782 bits per heavy atom. The summed E-state index contributed by atoms with van der Waals surface area (Å²) in [5, 5.41) is 0. The van der Waals surface area contributed by atoms with Crippen molar-refractivity contribution in [1.29, 1.82) is 0 Å². The van der Waals surface area contributed by atoms with E-state index in [9.17, 15) is 14.4 Å². The third-order valence-corrected chi connectivity index (χ3v) is 15.0. The van der Waals surface area contributed by atoms with Crippen LogP contribution >= 0.6 is 0 Å². The molecule has 0 N–H and O–H groups in total. The molecule has 78 heavy (non-hydrogen) atoms. The van der Waals surface area contributed by atoms with Crippen LogP contribution in [0, 0.1) is 0 Å². The third kappa shape index (κ3) is 63.7. The molecule has 0 rings (SSSR count). The van der Waals surface area contributed by atoms with Crippen molar-refractivity contribution >= 4 is 17.9 Å². The maximum Gasteiger partial charge on any atom is 0.306 e. The van der Waals surface area contributed by atoms with Crippen LogP contribution in [0.25, 0.3) is 0 Å². The molecule has 0 aliphatic rings. The predicted molar refractivity (Wildman–Crippen MR) is 339 cm³/mol. The lowest BCUT2D eigenvalue weighted by molar-refractivity contribution is -0.167. The molecule has 0 saturated carbocycles. The molecule has 6 heteroatoms. The van der Waals surface area contributed by atoms with Gasteiger partial charge in [-0.2, -0.15) is 0 Å². The zero-order valence-electron chi connectivity index (χ0n) is 51.9. The van der Waals surface area contributed by atoms with E-state index in [-0.39, 0.29) is 31.1 Å². The van der Waals surface area contributed by atoms with Gasteiger partial charge in [0.1, 0.15) is 13.2 Å². The fourth-order valence-electron chi connectivity index (χ4n) is 9.92. The molecular weight excluding hydrogens is 961 g/mol. The van der Waals surface area contributed by atoms with Crippen LogP contribution in [0.15, 0.2) is 72.9 Å². The van der Waals surface area contributed by atoms with E-state index in [1.165, 1.54) is 205 Å². The van der Waals surface area contributed by atoms with Gasteiger partial charge in [0.25, 0.3) is 0 Å². The summed E-state index contributed by atoms with van der Waals surface area (Å²) in [7, 11) is 0. The highest BCUT2D eigenvalue weighted by atomic mass is 16.6. The molecule has 0 aromatic heterocycles. The second-order valence-corrected chi connectivity index (χ2v) is 22.7. The molecule has 0 amide bonds. The molecule has 6 nitrogen and oxygen atoms in total. The van der Waals surface area contributed by atoms with Gasteiger partial charge in [-0.15, -0.1) is 0 Å². The second kappa shape index (κ2) is 66.4. The average molecular weight is 1090 g/mol. The van der Waals surface area contributed by atoms with Crippen molar-refractivity contribution in [3.8, 4) is 0 Å². The Morgan fingerprint density at radius 2 is 0.500 bits per heavy atom. The van der Waals surface area contributed by atoms with Gasteiger partial charge in [-0.25, -0.2) is 0 Å². The van der Waals surface area contributed by atoms with Crippen LogP contribution in [-0.2, 0) is 28.6 Å². The highest BCUT2D eigenvalue weighted by Crippen LogP contribution is 2.18. The molecule has 0 radical (unpaired) electrons. The van der Waals surface area contributed by atoms with Crippen molar-refractivity contribution in [1.82, 2.24) is 0 Å². The molecule has 0 aliphatic carbocycles. The summed E-state index contributed by atoms with van der Waals surface area (Å²) in [4.78, 5) is 38.0. The van der Waals surface area contributed by atoms with Crippen LogP contribution in [0.4, 0.5) is 0 Å². The van der Waals surface area contributed by atoms with Crippen LogP contribution in [0.2, 0.25) is 0 Å². The van der Waals surface area contributed by atoms with Gasteiger partial charge in [0.05, 0.1) is 0 Å². The lowest BCUT2D eigenvalue weighted by Crippen LogP contribution is -2.30. The first-order chi connectivity index (χ1) is 38.5. The van der Waals surface area contributed by atoms with Crippen molar-refractivity contribution in [2.45, 2.75) is 354 Å². The number of carbonyl (C=O) groups is 3. The minimum atomic E-state index is -0.769. The summed E-state index contributed by atoms with van der Waals surface area (Å²) in [5.74, 6) is -0.866. The maximum atomic E-state index is 12.8. The fraction of sp³-hybridized carbons (Fsp3) is 0.792. The van der Waals surface area contributed by atoms with E-state index < -0.39 is 6.10 Å². The number of unbranched alkanes of at least 4 members (excludes halogenated alkanes) is 39. The van der Waals surface area contributed by atoms with E-state index in [2.05, 4.69) is 93.7 Å². The van der Waals surface area contributed by atoms with Crippen LogP contribution in [0.5, 0.6) is 0 Å². The van der Waals surface area contributed by atoms with Crippen molar-refractivity contribution < 1.29 is 28.6 Å². The molecule has 0 aromatic rings. The topological polar surface area (TPSA) is 78.9 Å². The molecule has 0 saturated heterocycles. The average Bonchev–Trinajstić information content (AvgIpc) is 3.44. The molecular formula is C72H128O6. The molecule has 1 unspecified atom stereocenters. The number of esters is 3. The normalized spacial score (nSPS) is 12.5. The number of hydrogen-bond acceptors (Lipinski definition) is 6. The first-order valence-electron chi connectivity index (χ1n) is 33.9. The minimum Gasteiger partial charge on any atom is -0.462 e. The van der Waals surface area contributed by atoms with Gasteiger partial charge in [-0.3, -0.25) is 14.4 Å². The highest BCUT2D eigenvalue weighted by Gasteiger charge is 2.19. The molecule has 0 aromatic carbocycles. The van der Waals surface area contributed by atoms with E-state index in [1.807, 2.05) is 0 Å². The second-order valence-electron chi connectivity index (χ2n) is 22.7. The van der Waals surface area contributed by atoms with Gasteiger partial charge in [0, 0.05) is 19.3 Å². The molecule has 0 spiro atoms. The first kappa shape index (κ1) is 74.8. The van der Waals surface area contributed by atoms with Crippen molar-refractivity contribution in [2.24, 2.45) is 0 Å². The minimum absolute atomic E-state index is 0.0707. The number of carbonyl (C=O) groups excluding carboxylic acids is 3. The van der Waals surface area contributed by atoms with Gasteiger partial charge < -0.3 is 14.2 Å². The molecule has 452 valence electrons. The SMILES string of the molecule is CC/C=C\C/C=C\C/C=C\C/C=C\C/C=C\C/C=C\CCCCCCCCCCCCCCCCC(=O)OCC(COC(=O)CCCCCCC)OC(=O)CCCCCCCCCCCCCCCCCCCCCCCC. The van der Waals surface area contributed by atoms with E-state index >= 15 is 0 Å².